The molecule has 0 spiro atoms. The van der Waals surface area contributed by atoms with Crippen LogP contribution in [0, 0.1) is 0 Å². The highest BCUT2D eigenvalue weighted by molar-refractivity contribution is 5.86. The Morgan fingerprint density at radius 2 is 1.94 bits per heavy atom. The molecule has 0 aromatic carbocycles. The first kappa shape index (κ1) is 16.5. The van der Waals surface area contributed by atoms with E-state index in [1.165, 1.54) is 4.90 Å². The maximum atomic E-state index is 11.9. The van der Waals surface area contributed by atoms with E-state index in [1.807, 2.05) is 0 Å². The second kappa shape index (κ2) is 7.74. The molecule has 0 rings (SSSR count). The maximum absolute atomic E-state index is 11.9. The molecule has 18 heavy (non-hydrogen) atoms. The Morgan fingerprint density at radius 3 is 2.33 bits per heavy atom. The molecule has 0 aliphatic rings. The molecular weight excluding hydrogens is 232 g/mol. The molecule has 0 fully saturated rings. The van der Waals surface area contributed by atoms with Crippen molar-refractivity contribution in [1.29, 1.82) is 0 Å². The number of carbonyl (C=O) groups excluding carboxylic acids is 1. The number of carboxylic acids is 1. The molecule has 2 amide bonds. The van der Waals surface area contributed by atoms with Crippen LogP contribution >= 0.6 is 0 Å². The predicted octanol–water partition coefficient (Wildman–Crippen LogP) is 2.24. The fourth-order valence-electron chi connectivity index (χ4n) is 1.66. The van der Waals surface area contributed by atoms with Crippen molar-refractivity contribution in [2.45, 2.75) is 45.1 Å². The maximum Gasteiger partial charge on any atom is 0.329 e. The van der Waals surface area contributed by atoms with Crippen LogP contribution in [0.1, 0.15) is 39.5 Å². The van der Waals surface area contributed by atoms with Gasteiger partial charge in [-0.1, -0.05) is 19.9 Å². The number of carboxylic acid groups (broad SMARTS) is 1. The average Bonchev–Trinajstić information content (AvgIpc) is 2.35. The van der Waals surface area contributed by atoms with Crippen LogP contribution in [0.25, 0.3) is 0 Å². The lowest BCUT2D eigenvalue weighted by molar-refractivity contribution is -0.144. The van der Waals surface area contributed by atoms with Crippen LogP contribution in [0.2, 0.25) is 0 Å². The minimum absolute atomic E-state index is 0.342. The lowest BCUT2D eigenvalue weighted by atomic mass is 9.93. The Hall–Kier alpha value is -1.52. The number of nitrogens with zero attached hydrogens (tertiary/aromatic N) is 1. The smallest absolute Gasteiger partial charge is 0.329 e. The van der Waals surface area contributed by atoms with Gasteiger partial charge >= 0.3 is 12.0 Å². The van der Waals surface area contributed by atoms with Crippen LogP contribution in [0.15, 0.2) is 12.7 Å². The third-order valence-electron chi connectivity index (χ3n) is 3.21. The van der Waals surface area contributed by atoms with Crippen LogP contribution in [0.3, 0.4) is 0 Å². The summed E-state index contributed by atoms with van der Waals surface area (Å²) in [5, 5.41) is 11.8. The largest absolute Gasteiger partial charge is 0.480 e. The molecule has 0 unspecified atom stereocenters. The van der Waals surface area contributed by atoms with Gasteiger partial charge in [0.1, 0.15) is 5.54 Å². The summed E-state index contributed by atoms with van der Waals surface area (Å²) < 4.78 is 0. The van der Waals surface area contributed by atoms with Gasteiger partial charge in [-0.15, -0.1) is 6.58 Å². The van der Waals surface area contributed by atoms with Crippen LogP contribution < -0.4 is 5.32 Å². The summed E-state index contributed by atoms with van der Waals surface area (Å²) in [6.07, 6.45) is 4.19. The molecule has 0 saturated heterocycles. The molecule has 104 valence electrons. The molecule has 0 atom stereocenters. The van der Waals surface area contributed by atoms with Crippen molar-refractivity contribution >= 4 is 12.0 Å². The van der Waals surface area contributed by atoms with Crippen LogP contribution in [0.4, 0.5) is 4.79 Å². The van der Waals surface area contributed by atoms with Gasteiger partial charge in [-0.25, -0.2) is 9.59 Å². The Morgan fingerprint density at radius 1 is 1.39 bits per heavy atom. The Balaban J connectivity index is 4.50. The molecule has 5 heteroatoms. The molecule has 0 aromatic heterocycles. The van der Waals surface area contributed by atoms with Crippen molar-refractivity contribution in [3.8, 4) is 0 Å². The third kappa shape index (κ3) is 4.39. The Bertz CT molecular complexity index is 299. The molecule has 0 radical (unpaired) electrons. The number of unbranched alkanes of at least 4 members (excludes halogenated alkanes) is 1. The van der Waals surface area contributed by atoms with E-state index < -0.39 is 11.5 Å². The van der Waals surface area contributed by atoms with E-state index in [4.69, 9.17) is 0 Å². The summed E-state index contributed by atoms with van der Waals surface area (Å²) in [5.74, 6) is -0.986. The van der Waals surface area contributed by atoms with E-state index in [-0.39, 0.29) is 6.03 Å². The molecule has 5 nitrogen and oxygen atoms in total. The van der Waals surface area contributed by atoms with Crippen molar-refractivity contribution in [1.82, 2.24) is 10.2 Å². The Kier molecular flexibility index (Phi) is 7.08. The normalized spacial score (nSPS) is 10.8. The quantitative estimate of drug-likeness (QED) is 0.517. The zero-order valence-corrected chi connectivity index (χ0v) is 11.5. The summed E-state index contributed by atoms with van der Waals surface area (Å²) in [6.45, 7) is 7.72. The number of urea groups is 1. The third-order valence-corrected chi connectivity index (χ3v) is 3.21. The van der Waals surface area contributed by atoms with Gasteiger partial charge in [-0.3, -0.25) is 0 Å². The zero-order chi connectivity index (χ0) is 14.2. The first-order valence-corrected chi connectivity index (χ1v) is 6.31. The van der Waals surface area contributed by atoms with Gasteiger partial charge in [0.05, 0.1) is 0 Å². The van der Waals surface area contributed by atoms with E-state index in [0.29, 0.717) is 19.4 Å². The molecule has 0 aromatic rings. The van der Waals surface area contributed by atoms with Gasteiger partial charge in [0.15, 0.2) is 0 Å². The second-order valence-corrected chi connectivity index (χ2v) is 4.38. The van der Waals surface area contributed by atoms with Gasteiger partial charge in [0.2, 0.25) is 0 Å². The standard InChI is InChI=1S/C13H24N2O3/c1-5-8-9-10-15(4)12(18)14-13(6-2,7-3)11(16)17/h5H,1,6-10H2,2-4H3,(H,14,18)(H,16,17). The van der Waals surface area contributed by atoms with Crippen molar-refractivity contribution < 1.29 is 14.7 Å². The van der Waals surface area contributed by atoms with E-state index in [0.717, 1.165) is 12.8 Å². The lowest BCUT2D eigenvalue weighted by Gasteiger charge is -2.30. The molecule has 0 bridgehead atoms. The first-order chi connectivity index (χ1) is 8.43. The van der Waals surface area contributed by atoms with Crippen LogP contribution in [-0.2, 0) is 4.79 Å². The van der Waals surface area contributed by atoms with Gasteiger partial charge in [-0.05, 0) is 25.7 Å². The van der Waals surface area contributed by atoms with E-state index in [1.54, 1.807) is 27.0 Å². The van der Waals surface area contributed by atoms with Gasteiger partial charge < -0.3 is 15.3 Å². The summed E-state index contributed by atoms with van der Waals surface area (Å²) in [5.41, 5.74) is -1.16. The number of hydrogen-bond acceptors (Lipinski definition) is 2. The van der Waals surface area contributed by atoms with Crippen molar-refractivity contribution in [3.05, 3.63) is 12.7 Å². The highest BCUT2D eigenvalue weighted by Crippen LogP contribution is 2.15. The number of hydrogen-bond donors (Lipinski definition) is 2. The lowest BCUT2D eigenvalue weighted by Crippen LogP contribution is -2.56. The minimum atomic E-state index is -1.16. The van der Waals surface area contributed by atoms with E-state index in [2.05, 4.69) is 11.9 Å². The van der Waals surface area contributed by atoms with Crippen molar-refractivity contribution in [2.24, 2.45) is 0 Å². The van der Waals surface area contributed by atoms with Crippen molar-refractivity contribution in [2.75, 3.05) is 13.6 Å². The van der Waals surface area contributed by atoms with Crippen molar-refractivity contribution in [3.63, 3.8) is 0 Å². The summed E-state index contributed by atoms with van der Waals surface area (Å²) in [6, 6.07) is -0.342. The fourth-order valence-corrected chi connectivity index (χ4v) is 1.66. The highest BCUT2D eigenvalue weighted by atomic mass is 16.4. The minimum Gasteiger partial charge on any atom is -0.480 e. The molecule has 0 aliphatic carbocycles. The molecule has 0 heterocycles. The van der Waals surface area contributed by atoms with Crippen LogP contribution in [0.5, 0.6) is 0 Å². The van der Waals surface area contributed by atoms with Gasteiger partial charge in [0, 0.05) is 13.6 Å². The topological polar surface area (TPSA) is 69.6 Å². The molecular formula is C13H24N2O3. The van der Waals surface area contributed by atoms with E-state index in [9.17, 15) is 14.7 Å². The number of nitrogens with one attached hydrogen (secondary N) is 1. The second-order valence-electron chi connectivity index (χ2n) is 4.38. The molecule has 2 N–H and O–H groups in total. The fraction of sp³-hybridized carbons (Fsp3) is 0.692. The summed E-state index contributed by atoms with van der Waals surface area (Å²) >= 11 is 0. The van der Waals surface area contributed by atoms with Gasteiger partial charge in [0.25, 0.3) is 0 Å². The monoisotopic (exact) mass is 256 g/mol. The average molecular weight is 256 g/mol. The highest BCUT2D eigenvalue weighted by Gasteiger charge is 2.36. The number of aliphatic carboxylic acids is 1. The predicted molar refractivity (Wildman–Crippen MR) is 71.5 cm³/mol. The van der Waals surface area contributed by atoms with Crippen LogP contribution in [-0.4, -0.2) is 41.1 Å². The summed E-state index contributed by atoms with van der Waals surface area (Å²) in [4.78, 5) is 24.7. The number of rotatable bonds is 8. The number of allylic oxidation sites excluding steroid dienone is 1. The Labute approximate surface area is 109 Å². The summed E-state index contributed by atoms with van der Waals surface area (Å²) in [7, 11) is 1.66. The molecule has 0 saturated carbocycles. The number of amides is 2. The zero-order valence-electron chi connectivity index (χ0n) is 11.5. The SMILES string of the molecule is C=CCCCN(C)C(=O)NC(CC)(CC)C(=O)O. The van der Waals surface area contributed by atoms with E-state index >= 15 is 0 Å². The number of carbonyl (C=O) groups is 2. The van der Waals surface area contributed by atoms with Gasteiger partial charge in [-0.2, -0.15) is 0 Å². The first-order valence-electron chi connectivity index (χ1n) is 6.31. The molecule has 0 aliphatic heterocycles.